The molecule has 0 fully saturated rings. The SMILES string of the molecule is CCO[Si](Br)(Br)CCC(F)(F)F. The Hall–Kier alpha value is 0.927. The van der Waals surface area contributed by atoms with Gasteiger partial charge in [-0.3, -0.25) is 0 Å². The first-order chi connectivity index (χ1) is 5.27. The number of rotatable bonds is 4. The van der Waals surface area contributed by atoms with Crippen LogP contribution in [0.2, 0.25) is 6.04 Å². The molecule has 0 aromatic carbocycles. The largest absolute Gasteiger partial charge is 0.399 e. The minimum absolute atomic E-state index is 0.00958. The van der Waals surface area contributed by atoms with Crippen molar-refractivity contribution in [2.75, 3.05) is 6.61 Å². The lowest BCUT2D eigenvalue weighted by molar-refractivity contribution is -0.130. The normalized spacial score (nSPS) is 13.5. The molecule has 0 bridgehead atoms. The molecule has 12 heavy (non-hydrogen) atoms. The van der Waals surface area contributed by atoms with Gasteiger partial charge >= 0.3 is 11.7 Å². The second-order valence-corrected chi connectivity index (χ2v) is 15.1. The lowest BCUT2D eigenvalue weighted by Gasteiger charge is -2.17. The Labute approximate surface area is 85.9 Å². The van der Waals surface area contributed by atoms with Gasteiger partial charge in [0.15, 0.2) is 0 Å². The van der Waals surface area contributed by atoms with Crippen molar-refractivity contribution in [3.63, 3.8) is 0 Å². The van der Waals surface area contributed by atoms with E-state index in [1.54, 1.807) is 6.92 Å². The van der Waals surface area contributed by atoms with Crippen LogP contribution in [0, 0.1) is 0 Å². The zero-order chi connectivity index (χ0) is 9.83. The number of alkyl halides is 3. The highest BCUT2D eigenvalue weighted by atomic mass is 79.9. The molecule has 0 aromatic rings. The molecule has 0 amide bonds. The molecule has 0 unspecified atom stereocenters. The van der Waals surface area contributed by atoms with Gasteiger partial charge in [0, 0.05) is 13.0 Å². The first-order valence-corrected chi connectivity index (χ1v) is 9.98. The van der Waals surface area contributed by atoms with E-state index in [0.717, 1.165) is 0 Å². The summed E-state index contributed by atoms with van der Waals surface area (Å²) >= 11 is 6.26. The van der Waals surface area contributed by atoms with Crippen LogP contribution in [0.25, 0.3) is 0 Å². The van der Waals surface area contributed by atoms with E-state index in [1.165, 1.54) is 0 Å². The van der Waals surface area contributed by atoms with E-state index in [0.29, 0.717) is 6.61 Å². The lowest BCUT2D eigenvalue weighted by Crippen LogP contribution is -2.25. The van der Waals surface area contributed by atoms with Crippen molar-refractivity contribution in [1.29, 1.82) is 0 Å². The minimum Gasteiger partial charge on any atom is -0.399 e. The third-order valence-corrected chi connectivity index (χ3v) is 6.35. The maximum atomic E-state index is 11.8. The van der Waals surface area contributed by atoms with Crippen LogP contribution in [0.4, 0.5) is 13.2 Å². The average molecular weight is 330 g/mol. The van der Waals surface area contributed by atoms with E-state index >= 15 is 0 Å². The van der Waals surface area contributed by atoms with Gasteiger partial charge in [-0.2, -0.15) is 13.2 Å². The van der Waals surface area contributed by atoms with E-state index in [9.17, 15) is 13.2 Å². The van der Waals surface area contributed by atoms with Crippen molar-refractivity contribution in [1.82, 2.24) is 0 Å². The summed E-state index contributed by atoms with van der Waals surface area (Å²) in [6.45, 7) is 2.17. The van der Waals surface area contributed by atoms with Crippen LogP contribution >= 0.6 is 30.6 Å². The maximum absolute atomic E-state index is 11.8. The molecule has 0 atom stereocenters. The summed E-state index contributed by atoms with van der Waals surface area (Å²) in [4.78, 5) is 0. The molecule has 74 valence electrons. The number of halogens is 5. The fraction of sp³-hybridized carbons (Fsp3) is 1.00. The molecule has 1 nitrogen and oxygen atoms in total. The van der Waals surface area contributed by atoms with Crippen LogP contribution in [-0.4, -0.2) is 18.3 Å². The lowest BCUT2D eigenvalue weighted by atomic mass is 10.5. The summed E-state index contributed by atoms with van der Waals surface area (Å²) in [5, 5.41) is 0. The fourth-order valence-corrected chi connectivity index (χ4v) is 4.27. The molecule has 0 aliphatic rings. The molecule has 0 aliphatic carbocycles. The predicted molar refractivity (Wildman–Crippen MR) is 50.7 cm³/mol. The van der Waals surface area contributed by atoms with Crippen LogP contribution in [0.3, 0.4) is 0 Å². The van der Waals surface area contributed by atoms with Crippen LogP contribution in [0.1, 0.15) is 13.3 Å². The van der Waals surface area contributed by atoms with E-state index in [-0.39, 0.29) is 6.04 Å². The van der Waals surface area contributed by atoms with Crippen LogP contribution in [-0.2, 0) is 4.43 Å². The van der Waals surface area contributed by atoms with Crippen molar-refractivity contribution >= 4 is 36.1 Å². The van der Waals surface area contributed by atoms with E-state index in [4.69, 9.17) is 4.43 Å². The smallest absolute Gasteiger partial charge is 0.389 e. The first kappa shape index (κ1) is 12.9. The Kier molecular flexibility index (Phi) is 5.35. The van der Waals surface area contributed by atoms with E-state index in [1.807, 2.05) is 0 Å². The minimum atomic E-state index is -4.10. The van der Waals surface area contributed by atoms with E-state index < -0.39 is 18.2 Å². The quantitative estimate of drug-likeness (QED) is 0.564. The third-order valence-electron chi connectivity index (χ3n) is 1.06. The standard InChI is InChI=1S/C5H9Br2F3OSi/c1-2-11-12(6,7)4-3-5(8,9)10/h2-4H2,1H3. The summed E-state index contributed by atoms with van der Waals surface area (Å²) in [5.74, 6) is 0. The molecule has 0 aromatic heterocycles. The Morgan fingerprint density at radius 3 is 2.17 bits per heavy atom. The summed E-state index contributed by atoms with van der Waals surface area (Å²) < 4.78 is 40.4. The molecule has 0 spiro atoms. The average Bonchev–Trinajstić information content (AvgIpc) is 1.83. The zero-order valence-electron chi connectivity index (χ0n) is 6.42. The molecular formula is C5H9Br2F3OSi. The van der Waals surface area contributed by atoms with Crippen molar-refractivity contribution in [3.8, 4) is 0 Å². The van der Waals surface area contributed by atoms with E-state index in [2.05, 4.69) is 30.6 Å². The topological polar surface area (TPSA) is 9.23 Å². The molecule has 0 saturated carbocycles. The molecule has 0 N–H and O–H groups in total. The van der Waals surface area contributed by atoms with Crippen molar-refractivity contribution in [2.45, 2.75) is 25.6 Å². The second-order valence-electron chi connectivity index (χ2n) is 2.19. The van der Waals surface area contributed by atoms with Crippen LogP contribution in [0.5, 0.6) is 0 Å². The summed E-state index contributed by atoms with van der Waals surface area (Å²) in [6.07, 6.45) is -4.91. The van der Waals surface area contributed by atoms with Crippen molar-refractivity contribution in [2.24, 2.45) is 0 Å². The number of hydrogen-bond acceptors (Lipinski definition) is 1. The zero-order valence-corrected chi connectivity index (χ0v) is 10.6. The van der Waals surface area contributed by atoms with Gasteiger partial charge in [0.2, 0.25) is 0 Å². The molecule has 0 aliphatic heterocycles. The monoisotopic (exact) mass is 328 g/mol. The molecule has 0 heterocycles. The maximum Gasteiger partial charge on any atom is 0.389 e. The predicted octanol–water partition coefficient (Wildman–Crippen LogP) is 3.70. The highest BCUT2D eigenvalue weighted by molar-refractivity contribution is 9.50. The van der Waals surface area contributed by atoms with Gasteiger partial charge in [-0.05, 0) is 13.0 Å². The Balaban J connectivity index is 3.75. The fourth-order valence-electron chi connectivity index (χ4n) is 0.571. The molecule has 0 saturated heterocycles. The van der Waals surface area contributed by atoms with Gasteiger partial charge in [-0.25, -0.2) is 0 Å². The van der Waals surface area contributed by atoms with Crippen LogP contribution < -0.4 is 0 Å². The van der Waals surface area contributed by atoms with Gasteiger partial charge in [0.1, 0.15) is 0 Å². The van der Waals surface area contributed by atoms with Gasteiger partial charge < -0.3 is 4.43 Å². The van der Waals surface area contributed by atoms with Gasteiger partial charge in [-0.15, -0.1) is 0 Å². The van der Waals surface area contributed by atoms with Crippen molar-refractivity contribution < 1.29 is 17.6 Å². The van der Waals surface area contributed by atoms with Crippen molar-refractivity contribution in [3.05, 3.63) is 0 Å². The van der Waals surface area contributed by atoms with Crippen LogP contribution in [0.15, 0.2) is 0 Å². The Morgan fingerprint density at radius 2 is 1.83 bits per heavy atom. The molecular weight excluding hydrogens is 321 g/mol. The summed E-state index contributed by atoms with van der Waals surface area (Å²) in [5.41, 5.74) is -2.41. The highest BCUT2D eigenvalue weighted by Gasteiger charge is 2.35. The third kappa shape index (κ3) is 7.57. The Bertz CT molecular complexity index is 139. The summed E-state index contributed by atoms with van der Waals surface area (Å²) in [7, 11) is 0. The van der Waals surface area contributed by atoms with Gasteiger partial charge in [0.05, 0.1) is 0 Å². The molecule has 7 heteroatoms. The van der Waals surface area contributed by atoms with Gasteiger partial charge in [-0.1, -0.05) is 30.6 Å². The molecule has 0 rings (SSSR count). The molecule has 0 radical (unpaired) electrons. The van der Waals surface area contributed by atoms with Gasteiger partial charge in [0.25, 0.3) is 0 Å². The number of hydrogen-bond donors (Lipinski definition) is 0. The Morgan fingerprint density at radius 1 is 1.33 bits per heavy atom. The first-order valence-electron chi connectivity index (χ1n) is 3.35. The second kappa shape index (κ2) is 4.97. The highest BCUT2D eigenvalue weighted by Crippen LogP contribution is 2.33. The summed E-state index contributed by atoms with van der Waals surface area (Å²) in [6, 6.07) is -0.00958.